The van der Waals surface area contributed by atoms with Crippen molar-refractivity contribution in [2.75, 3.05) is 11.6 Å². The van der Waals surface area contributed by atoms with Crippen molar-refractivity contribution in [2.24, 2.45) is 0 Å². The van der Waals surface area contributed by atoms with Crippen molar-refractivity contribution in [1.29, 1.82) is 0 Å². The summed E-state index contributed by atoms with van der Waals surface area (Å²) in [6, 6.07) is 10.4. The molecule has 0 radical (unpaired) electrons. The number of aromatic nitrogens is 1. The van der Waals surface area contributed by atoms with Crippen LogP contribution in [0, 0.1) is 0 Å². The number of carbonyl (C=O) groups excluding carboxylic acids is 1. The van der Waals surface area contributed by atoms with Crippen molar-refractivity contribution >= 4 is 48.5 Å². The third kappa shape index (κ3) is 5.11. The summed E-state index contributed by atoms with van der Waals surface area (Å²) in [4.78, 5) is 16.5. The number of sulfone groups is 1. The number of thiazole rings is 1. The molecule has 0 aliphatic heterocycles. The lowest BCUT2D eigenvalue weighted by molar-refractivity contribution is -0.111. The van der Waals surface area contributed by atoms with Crippen LogP contribution < -0.4 is 10.1 Å². The normalized spacial score (nSPS) is 12.0. The van der Waals surface area contributed by atoms with Crippen LogP contribution in [0.2, 0.25) is 0 Å². The number of alkyl halides is 2. The first-order valence-corrected chi connectivity index (χ1v) is 10.6. The highest BCUT2D eigenvalue weighted by Crippen LogP contribution is 2.28. The molecular weight excluding hydrogens is 410 g/mol. The maximum atomic E-state index is 12.1. The summed E-state index contributed by atoms with van der Waals surface area (Å²) in [7, 11) is -3.33. The van der Waals surface area contributed by atoms with Gasteiger partial charge >= 0.3 is 6.61 Å². The Morgan fingerprint density at radius 1 is 1.21 bits per heavy atom. The van der Waals surface area contributed by atoms with E-state index in [1.807, 2.05) is 0 Å². The van der Waals surface area contributed by atoms with E-state index in [1.54, 1.807) is 6.07 Å². The van der Waals surface area contributed by atoms with Gasteiger partial charge in [-0.2, -0.15) is 8.78 Å². The number of halogens is 2. The molecule has 1 amide bonds. The number of anilines is 1. The Balaban J connectivity index is 1.68. The van der Waals surface area contributed by atoms with Crippen molar-refractivity contribution in [1.82, 2.24) is 4.98 Å². The Kier molecular flexibility index (Phi) is 5.71. The molecule has 0 spiro atoms. The molecule has 3 rings (SSSR count). The zero-order valence-corrected chi connectivity index (χ0v) is 16.1. The van der Waals surface area contributed by atoms with Crippen LogP contribution in [0.25, 0.3) is 16.3 Å². The van der Waals surface area contributed by atoms with Gasteiger partial charge in [-0.25, -0.2) is 13.4 Å². The zero-order valence-electron chi connectivity index (χ0n) is 14.4. The van der Waals surface area contributed by atoms with Crippen molar-refractivity contribution in [3.8, 4) is 5.75 Å². The fraction of sp³-hybridized carbons (Fsp3) is 0.111. The summed E-state index contributed by atoms with van der Waals surface area (Å²) in [6.07, 6.45) is 3.91. The third-order valence-electron chi connectivity index (χ3n) is 3.55. The molecule has 2 aromatic carbocycles. The van der Waals surface area contributed by atoms with E-state index >= 15 is 0 Å². The first-order valence-electron chi connectivity index (χ1n) is 7.85. The van der Waals surface area contributed by atoms with Crippen LogP contribution >= 0.6 is 11.3 Å². The number of hydrogen-bond acceptors (Lipinski definition) is 6. The standard InChI is InChI=1S/C18H14F2N2O4S2/c1-28(24,25)13-7-8-14-15(10-13)27-18(21-14)22-16(23)9-4-11-2-5-12(6-3-11)26-17(19)20/h2-10,17H,1H3,(H,21,22,23)/b9-4+. The second-order valence-corrected chi connectivity index (χ2v) is 8.74. The van der Waals surface area contributed by atoms with Crippen molar-refractivity contribution < 1.29 is 26.7 Å². The maximum absolute atomic E-state index is 12.1. The van der Waals surface area contributed by atoms with Crippen molar-refractivity contribution in [3.63, 3.8) is 0 Å². The minimum Gasteiger partial charge on any atom is -0.435 e. The molecule has 0 saturated heterocycles. The molecule has 6 nitrogen and oxygen atoms in total. The quantitative estimate of drug-likeness (QED) is 0.606. The van der Waals surface area contributed by atoms with E-state index in [4.69, 9.17) is 0 Å². The highest BCUT2D eigenvalue weighted by atomic mass is 32.2. The van der Waals surface area contributed by atoms with Gasteiger partial charge in [-0.1, -0.05) is 23.5 Å². The molecule has 0 bridgehead atoms. The minimum atomic E-state index is -3.33. The third-order valence-corrected chi connectivity index (χ3v) is 5.59. The van der Waals surface area contributed by atoms with Crippen molar-refractivity contribution in [2.45, 2.75) is 11.5 Å². The van der Waals surface area contributed by atoms with Crippen molar-refractivity contribution in [3.05, 3.63) is 54.1 Å². The molecule has 3 aromatic rings. The lowest BCUT2D eigenvalue weighted by Crippen LogP contribution is -2.07. The predicted octanol–water partition coefficient (Wildman–Crippen LogP) is 3.95. The predicted molar refractivity (Wildman–Crippen MR) is 103 cm³/mol. The highest BCUT2D eigenvalue weighted by Gasteiger charge is 2.11. The van der Waals surface area contributed by atoms with Gasteiger partial charge in [0.2, 0.25) is 5.91 Å². The van der Waals surface area contributed by atoms with Gasteiger partial charge in [0.05, 0.1) is 15.1 Å². The van der Waals surface area contributed by atoms with E-state index in [0.29, 0.717) is 20.9 Å². The van der Waals surface area contributed by atoms with Crippen LogP contribution in [0.3, 0.4) is 0 Å². The zero-order chi connectivity index (χ0) is 20.3. The topological polar surface area (TPSA) is 85.4 Å². The number of carbonyl (C=O) groups is 1. The second kappa shape index (κ2) is 8.03. The Bertz CT molecular complexity index is 1140. The number of amides is 1. The molecule has 146 valence electrons. The number of nitrogens with one attached hydrogen (secondary N) is 1. The molecule has 0 fully saturated rings. The van der Waals surface area contributed by atoms with Gasteiger partial charge in [-0.3, -0.25) is 10.1 Å². The largest absolute Gasteiger partial charge is 0.435 e. The number of rotatable bonds is 6. The summed E-state index contributed by atoms with van der Waals surface area (Å²) < 4.78 is 52.3. The van der Waals surface area contributed by atoms with Gasteiger partial charge in [0, 0.05) is 12.3 Å². The molecule has 10 heteroatoms. The summed E-state index contributed by atoms with van der Waals surface area (Å²) in [5, 5.41) is 2.94. The van der Waals surface area contributed by atoms with Crippen LogP contribution in [-0.4, -0.2) is 32.2 Å². The number of benzene rings is 2. The molecule has 28 heavy (non-hydrogen) atoms. The molecule has 0 aliphatic rings. The first-order chi connectivity index (χ1) is 13.2. The Morgan fingerprint density at radius 2 is 1.93 bits per heavy atom. The summed E-state index contributed by atoms with van der Waals surface area (Å²) >= 11 is 1.16. The van der Waals surface area contributed by atoms with E-state index in [0.717, 1.165) is 17.6 Å². The van der Waals surface area contributed by atoms with Gasteiger partial charge in [0.15, 0.2) is 15.0 Å². The fourth-order valence-corrected chi connectivity index (χ4v) is 3.90. The molecule has 0 atom stereocenters. The average Bonchev–Trinajstić information content (AvgIpc) is 3.01. The first kappa shape index (κ1) is 19.9. The fourth-order valence-electron chi connectivity index (χ4n) is 2.27. The summed E-state index contributed by atoms with van der Waals surface area (Å²) in [5.74, 6) is -0.408. The number of fused-ring (bicyclic) bond motifs is 1. The van der Waals surface area contributed by atoms with E-state index < -0.39 is 22.4 Å². The van der Waals surface area contributed by atoms with Crippen LogP contribution in [0.4, 0.5) is 13.9 Å². The molecule has 0 aliphatic carbocycles. The SMILES string of the molecule is CS(=O)(=O)c1ccc2nc(NC(=O)/C=C/c3ccc(OC(F)F)cc3)sc2c1. The Hall–Kier alpha value is -2.85. The van der Waals surface area contributed by atoms with E-state index in [1.165, 1.54) is 48.6 Å². The highest BCUT2D eigenvalue weighted by molar-refractivity contribution is 7.90. The molecule has 0 saturated carbocycles. The lowest BCUT2D eigenvalue weighted by atomic mass is 10.2. The van der Waals surface area contributed by atoms with Gasteiger partial charge in [0.1, 0.15) is 5.75 Å². The second-order valence-electron chi connectivity index (χ2n) is 5.69. The summed E-state index contributed by atoms with van der Waals surface area (Å²) in [5.41, 5.74) is 1.20. The van der Waals surface area contributed by atoms with Crippen LogP contribution in [0.1, 0.15) is 5.56 Å². The van der Waals surface area contributed by atoms with E-state index in [9.17, 15) is 22.0 Å². The monoisotopic (exact) mass is 424 g/mol. The Labute approximate surface area is 163 Å². The number of hydrogen-bond donors (Lipinski definition) is 1. The van der Waals surface area contributed by atoms with Crippen LogP contribution in [-0.2, 0) is 14.6 Å². The van der Waals surface area contributed by atoms with E-state index in [2.05, 4.69) is 15.0 Å². The lowest BCUT2D eigenvalue weighted by Gasteiger charge is -2.03. The number of ether oxygens (including phenoxy) is 1. The molecule has 0 unspecified atom stereocenters. The average molecular weight is 424 g/mol. The molecule has 1 aromatic heterocycles. The van der Waals surface area contributed by atoms with Gasteiger partial charge in [-0.15, -0.1) is 0 Å². The van der Waals surface area contributed by atoms with Gasteiger partial charge in [-0.05, 0) is 42.0 Å². The van der Waals surface area contributed by atoms with E-state index in [-0.39, 0.29) is 10.6 Å². The summed E-state index contributed by atoms with van der Waals surface area (Å²) in [6.45, 7) is -2.89. The maximum Gasteiger partial charge on any atom is 0.387 e. The Morgan fingerprint density at radius 3 is 2.57 bits per heavy atom. The minimum absolute atomic E-state index is 0.0274. The molecule has 1 N–H and O–H groups in total. The van der Waals surface area contributed by atoms with Crippen LogP contribution in [0.15, 0.2) is 53.4 Å². The smallest absolute Gasteiger partial charge is 0.387 e. The number of nitrogens with zero attached hydrogens (tertiary/aromatic N) is 1. The van der Waals surface area contributed by atoms with Crippen LogP contribution in [0.5, 0.6) is 5.75 Å². The van der Waals surface area contributed by atoms with Gasteiger partial charge in [0.25, 0.3) is 0 Å². The molecular formula is C18H14F2N2O4S2. The van der Waals surface area contributed by atoms with Gasteiger partial charge < -0.3 is 4.74 Å². The molecule has 1 heterocycles.